The zero-order valence-electron chi connectivity index (χ0n) is 16.9. The fourth-order valence-corrected chi connectivity index (χ4v) is 3.91. The van der Waals surface area contributed by atoms with Crippen LogP contribution >= 0.6 is 0 Å². The maximum Gasteiger partial charge on any atom is 0.241 e. The first kappa shape index (κ1) is 19.6. The second kappa shape index (κ2) is 8.23. The summed E-state index contributed by atoms with van der Waals surface area (Å²) in [5.74, 6) is -0.0362. The van der Waals surface area contributed by atoms with Crippen molar-refractivity contribution in [1.29, 1.82) is 0 Å². The van der Waals surface area contributed by atoms with Crippen LogP contribution in [0.3, 0.4) is 0 Å². The minimum Gasteiger partial charge on any atom is -0.347 e. The predicted octanol–water partition coefficient (Wildman–Crippen LogP) is 2.04. The number of fused-ring (bicyclic) bond motifs is 1. The number of para-hydroxylation sites is 1. The maximum absolute atomic E-state index is 12.0. The van der Waals surface area contributed by atoms with E-state index in [-0.39, 0.29) is 11.3 Å². The average Bonchev–Trinajstić information content (AvgIpc) is 2.85. The Hall–Kier alpha value is -2.18. The van der Waals surface area contributed by atoms with Crippen LogP contribution in [0.1, 0.15) is 25.8 Å². The van der Waals surface area contributed by atoms with E-state index in [4.69, 9.17) is 0 Å². The first-order chi connectivity index (χ1) is 12.9. The fraction of sp³-hybridized carbons (Fsp3) is 0.524. The summed E-state index contributed by atoms with van der Waals surface area (Å²) in [6.45, 7) is 9.41. The molecule has 0 bridgehead atoms. The highest BCUT2D eigenvalue weighted by molar-refractivity contribution is 5.81. The minimum atomic E-state index is -0.0806. The summed E-state index contributed by atoms with van der Waals surface area (Å²) in [5.41, 5.74) is 6.26. The number of hydrogen-bond acceptors (Lipinski definition) is 5. The molecule has 1 saturated heterocycles. The molecule has 1 aromatic carbocycles. The smallest absolute Gasteiger partial charge is 0.241 e. The Balaban J connectivity index is 1.51. The summed E-state index contributed by atoms with van der Waals surface area (Å²) in [7, 11) is 4.21. The molecule has 2 aliphatic rings. The van der Waals surface area contributed by atoms with Crippen molar-refractivity contribution in [3.05, 3.63) is 41.6 Å². The molecule has 0 radical (unpaired) electrons. The molecule has 0 spiro atoms. The van der Waals surface area contributed by atoms with Crippen LogP contribution < -0.4 is 10.3 Å². The van der Waals surface area contributed by atoms with Crippen molar-refractivity contribution in [2.45, 2.75) is 25.7 Å². The first-order valence-electron chi connectivity index (χ1n) is 9.66. The van der Waals surface area contributed by atoms with Gasteiger partial charge in [0.15, 0.2) is 0 Å². The highest BCUT2D eigenvalue weighted by Crippen LogP contribution is 2.46. The molecule has 0 aliphatic carbocycles. The monoisotopic (exact) mass is 369 g/mol. The summed E-state index contributed by atoms with van der Waals surface area (Å²) in [5, 5.41) is 4.12. The fourth-order valence-electron chi connectivity index (χ4n) is 3.91. The van der Waals surface area contributed by atoms with Gasteiger partial charge in [-0.05, 0) is 24.8 Å². The van der Waals surface area contributed by atoms with Crippen molar-refractivity contribution in [2.75, 3.05) is 51.7 Å². The Bertz CT molecular complexity index is 732. The number of nitrogens with one attached hydrogen (secondary N) is 1. The van der Waals surface area contributed by atoms with Gasteiger partial charge < -0.3 is 14.7 Å². The van der Waals surface area contributed by atoms with Crippen LogP contribution in [-0.4, -0.2) is 68.7 Å². The van der Waals surface area contributed by atoms with Crippen molar-refractivity contribution in [2.24, 2.45) is 5.10 Å². The Labute approximate surface area is 162 Å². The number of carbonyl (C=O) groups is 1. The lowest BCUT2D eigenvalue weighted by Crippen LogP contribution is -2.45. The summed E-state index contributed by atoms with van der Waals surface area (Å²) in [6.07, 6.45) is 4.16. The Morgan fingerprint density at radius 1 is 1.19 bits per heavy atom. The van der Waals surface area contributed by atoms with Gasteiger partial charge in [0.2, 0.25) is 5.91 Å². The Morgan fingerprint density at radius 2 is 1.89 bits per heavy atom. The molecule has 27 heavy (non-hydrogen) atoms. The largest absolute Gasteiger partial charge is 0.347 e. The molecule has 6 nitrogen and oxygen atoms in total. The number of allylic oxidation sites excluding steroid dienone is 2. The standard InChI is InChI=1S/C21H31N5O/c1-21(2)17-7-5-6-8-18(17)25(4)19(21)9-11-22-23-20(27)10-12-26-15-13-24(3)14-16-26/h5-9,11H,10,12-16H2,1-4H3,(H,23,27)/b19-9-,22-11?. The van der Waals surface area contributed by atoms with Gasteiger partial charge >= 0.3 is 0 Å². The van der Waals surface area contributed by atoms with Crippen molar-refractivity contribution >= 4 is 17.8 Å². The molecule has 2 aliphatic heterocycles. The summed E-state index contributed by atoms with van der Waals surface area (Å²) < 4.78 is 0. The van der Waals surface area contributed by atoms with Crippen LogP contribution in [-0.2, 0) is 10.2 Å². The molecule has 1 amide bonds. The van der Waals surface area contributed by atoms with Gasteiger partial charge in [0.05, 0.1) is 0 Å². The third kappa shape index (κ3) is 4.39. The first-order valence-corrected chi connectivity index (χ1v) is 9.66. The highest BCUT2D eigenvalue weighted by Gasteiger charge is 2.37. The maximum atomic E-state index is 12.0. The number of rotatable bonds is 5. The molecule has 1 N–H and O–H groups in total. The number of likely N-dealkylation sites (N-methyl/N-ethyl adjacent to an activating group) is 2. The molecular weight excluding hydrogens is 338 g/mol. The highest BCUT2D eigenvalue weighted by atomic mass is 16.2. The molecule has 0 unspecified atom stereocenters. The van der Waals surface area contributed by atoms with E-state index in [0.29, 0.717) is 6.42 Å². The van der Waals surface area contributed by atoms with E-state index in [1.165, 1.54) is 16.9 Å². The lowest BCUT2D eigenvalue weighted by Gasteiger charge is -2.32. The van der Waals surface area contributed by atoms with Crippen molar-refractivity contribution < 1.29 is 4.79 Å². The lowest BCUT2D eigenvalue weighted by molar-refractivity contribution is -0.121. The predicted molar refractivity (Wildman–Crippen MR) is 111 cm³/mol. The van der Waals surface area contributed by atoms with Crippen molar-refractivity contribution in [1.82, 2.24) is 15.2 Å². The van der Waals surface area contributed by atoms with Crippen LogP contribution in [0.5, 0.6) is 0 Å². The topological polar surface area (TPSA) is 51.2 Å². The van der Waals surface area contributed by atoms with Gasteiger partial charge in [-0.2, -0.15) is 5.10 Å². The van der Waals surface area contributed by atoms with E-state index in [1.54, 1.807) is 6.21 Å². The molecule has 146 valence electrons. The SMILES string of the molecule is CN1CCN(CCC(=O)NN=C/C=C2\N(C)c3ccccc3C2(C)C)CC1. The van der Waals surface area contributed by atoms with Gasteiger partial charge in [-0.3, -0.25) is 4.79 Å². The molecule has 6 heteroatoms. The van der Waals surface area contributed by atoms with Crippen LogP contribution in [0.4, 0.5) is 5.69 Å². The molecule has 0 atom stereocenters. The number of hydrogen-bond donors (Lipinski definition) is 1. The van der Waals surface area contributed by atoms with E-state index in [9.17, 15) is 4.79 Å². The number of hydrazone groups is 1. The zero-order chi connectivity index (χ0) is 19.4. The Morgan fingerprint density at radius 3 is 2.59 bits per heavy atom. The Kier molecular flexibility index (Phi) is 5.97. The van der Waals surface area contributed by atoms with Gasteiger partial charge in [0.1, 0.15) is 0 Å². The number of carbonyl (C=O) groups excluding carboxylic acids is 1. The van der Waals surface area contributed by atoms with Crippen LogP contribution in [0.15, 0.2) is 41.1 Å². The van der Waals surface area contributed by atoms with Gasteiger partial charge in [0.25, 0.3) is 0 Å². The second-order valence-corrected chi connectivity index (χ2v) is 7.96. The van der Waals surface area contributed by atoms with E-state index < -0.39 is 0 Å². The van der Waals surface area contributed by atoms with Gasteiger partial charge in [0, 0.05) is 69.2 Å². The van der Waals surface area contributed by atoms with Crippen LogP contribution in [0.2, 0.25) is 0 Å². The van der Waals surface area contributed by atoms with Crippen molar-refractivity contribution in [3.63, 3.8) is 0 Å². The molecular formula is C21H31N5O. The van der Waals surface area contributed by atoms with E-state index in [2.05, 4.69) is 77.4 Å². The quantitative estimate of drug-likeness (QED) is 0.637. The third-order valence-corrected chi connectivity index (χ3v) is 5.69. The summed E-state index contributed by atoms with van der Waals surface area (Å²) in [4.78, 5) is 18.9. The van der Waals surface area contributed by atoms with Gasteiger partial charge in [-0.25, -0.2) is 5.43 Å². The van der Waals surface area contributed by atoms with Crippen LogP contribution in [0.25, 0.3) is 0 Å². The number of nitrogens with zero attached hydrogens (tertiary/aromatic N) is 4. The normalized spacial score (nSPS) is 21.8. The molecule has 0 aromatic heterocycles. The number of piperazine rings is 1. The van der Waals surface area contributed by atoms with Crippen molar-refractivity contribution in [3.8, 4) is 0 Å². The molecule has 1 fully saturated rings. The molecule has 3 rings (SSSR count). The van der Waals surface area contributed by atoms with E-state index >= 15 is 0 Å². The van der Waals surface area contributed by atoms with Crippen LogP contribution in [0, 0.1) is 0 Å². The van der Waals surface area contributed by atoms with Gasteiger partial charge in [-0.1, -0.05) is 32.0 Å². The molecule has 0 saturated carbocycles. The lowest BCUT2D eigenvalue weighted by atomic mass is 9.84. The summed E-state index contributed by atoms with van der Waals surface area (Å²) in [6, 6.07) is 8.44. The number of anilines is 1. The average molecular weight is 370 g/mol. The minimum absolute atomic E-state index is 0.0362. The zero-order valence-corrected chi connectivity index (χ0v) is 16.9. The van der Waals surface area contributed by atoms with E-state index in [1.807, 2.05) is 6.08 Å². The number of amides is 1. The molecule has 1 aromatic rings. The van der Waals surface area contributed by atoms with Gasteiger partial charge in [-0.15, -0.1) is 0 Å². The molecule has 2 heterocycles. The van der Waals surface area contributed by atoms with E-state index in [0.717, 1.165) is 32.7 Å². The summed E-state index contributed by atoms with van der Waals surface area (Å²) >= 11 is 0. The second-order valence-electron chi connectivity index (χ2n) is 7.96. The third-order valence-electron chi connectivity index (χ3n) is 5.69. The number of benzene rings is 1.